The lowest BCUT2D eigenvalue weighted by Gasteiger charge is -2.14. The number of aromatic nitrogens is 2. The summed E-state index contributed by atoms with van der Waals surface area (Å²) >= 11 is 0. The molecule has 3 N–H and O–H groups in total. The van der Waals surface area contributed by atoms with E-state index in [9.17, 15) is 22.8 Å². The molecule has 1 amide bonds. The van der Waals surface area contributed by atoms with Crippen LogP contribution >= 0.6 is 0 Å². The molecule has 1 heterocycles. The molecule has 1 unspecified atom stereocenters. The lowest BCUT2D eigenvalue weighted by molar-refractivity contribution is -0.175. The molecule has 0 fully saturated rings. The van der Waals surface area contributed by atoms with Gasteiger partial charge in [-0.15, -0.1) is 0 Å². The fourth-order valence-electron chi connectivity index (χ4n) is 1.06. The van der Waals surface area contributed by atoms with Crippen molar-refractivity contribution >= 4 is 11.9 Å². The number of carboxylic acids is 1. The van der Waals surface area contributed by atoms with E-state index in [0.717, 1.165) is 0 Å². The summed E-state index contributed by atoms with van der Waals surface area (Å²) in [5.41, 5.74) is 0.305. The van der Waals surface area contributed by atoms with Gasteiger partial charge < -0.3 is 15.4 Å². The zero-order valence-corrected chi connectivity index (χ0v) is 8.28. The van der Waals surface area contributed by atoms with E-state index in [2.05, 4.69) is 9.97 Å². The number of rotatable bonds is 4. The summed E-state index contributed by atoms with van der Waals surface area (Å²) in [6, 6.07) is -1.66. The first-order valence-electron chi connectivity index (χ1n) is 4.38. The number of imidazole rings is 1. The maximum absolute atomic E-state index is 11.9. The van der Waals surface area contributed by atoms with Crippen LogP contribution in [0.5, 0.6) is 0 Å². The molecule has 0 aliphatic heterocycles. The minimum absolute atomic E-state index is 0.305. The second-order valence-electron chi connectivity index (χ2n) is 3.14. The van der Waals surface area contributed by atoms with Crippen LogP contribution in [-0.2, 0) is 16.0 Å². The van der Waals surface area contributed by atoms with E-state index in [4.69, 9.17) is 5.11 Å². The van der Waals surface area contributed by atoms with Gasteiger partial charge >= 0.3 is 18.1 Å². The number of nitrogens with one attached hydrogen (secondary N) is 2. The van der Waals surface area contributed by atoms with Crippen LogP contribution in [0.4, 0.5) is 13.2 Å². The number of nitrogens with zero attached hydrogens (tertiary/aromatic N) is 1. The first-order valence-corrected chi connectivity index (χ1v) is 4.38. The molecule has 0 aliphatic carbocycles. The average molecular weight is 251 g/mol. The number of carbonyl (C=O) groups is 2. The number of carbonyl (C=O) groups excluding carboxylic acids is 1. The Morgan fingerprint density at radius 3 is 2.59 bits per heavy atom. The Kier molecular flexibility index (Phi) is 3.71. The monoisotopic (exact) mass is 251 g/mol. The van der Waals surface area contributed by atoms with Gasteiger partial charge in [0, 0.05) is 18.3 Å². The third-order valence-corrected chi connectivity index (χ3v) is 1.84. The molecule has 0 saturated heterocycles. The predicted molar refractivity (Wildman–Crippen MR) is 47.9 cm³/mol. The van der Waals surface area contributed by atoms with Crippen molar-refractivity contribution in [3.63, 3.8) is 0 Å². The Morgan fingerprint density at radius 2 is 2.18 bits per heavy atom. The first kappa shape index (κ1) is 13.0. The molecule has 17 heavy (non-hydrogen) atoms. The number of H-pyrrole nitrogens is 1. The normalized spacial score (nSPS) is 13.1. The second-order valence-corrected chi connectivity index (χ2v) is 3.14. The van der Waals surface area contributed by atoms with Crippen LogP contribution in [0.1, 0.15) is 5.69 Å². The number of aromatic amines is 1. The minimum atomic E-state index is -5.11. The van der Waals surface area contributed by atoms with Gasteiger partial charge in [0.05, 0.1) is 6.33 Å². The molecule has 9 heteroatoms. The highest BCUT2D eigenvalue weighted by Crippen LogP contribution is 2.15. The third kappa shape index (κ3) is 3.78. The summed E-state index contributed by atoms with van der Waals surface area (Å²) in [7, 11) is 0. The van der Waals surface area contributed by atoms with E-state index in [0.29, 0.717) is 5.69 Å². The Morgan fingerprint density at radius 1 is 1.53 bits per heavy atom. The van der Waals surface area contributed by atoms with Gasteiger partial charge in [0.2, 0.25) is 0 Å². The Bertz CT molecular complexity index is 402. The van der Waals surface area contributed by atoms with E-state index in [-0.39, 0.29) is 6.42 Å². The van der Waals surface area contributed by atoms with Crippen LogP contribution in [0.2, 0.25) is 0 Å². The Balaban J connectivity index is 2.68. The van der Waals surface area contributed by atoms with Gasteiger partial charge in [-0.3, -0.25) is 4.79 Å². The maximum atomic E-state index is 11.9. The van der Waals surface area contributed by atoms with Crippen molar-refractivity contribution in [3.05, 3.63) is 18.2 Å². The number of carboxylic acid groups (broad SMARTS) is 1. The van der Waals surface area contributed by atoms with E-state index >= 15 is 0 Å². The van der Waals surface area contributed by atoms with Crippen molar-refractivity contribution in [1.29, 1.82) is 0 Å². The molecular weight excluding hydrogens is 243 g/mol. The van der Waals surface area contributed by atoms with Crippen molar-refractivity contribution in [2.24, 2.45) is 0 Å². The maximum Gasteiger partial charge on any atom is 0.471 e. The van der Waals surface area contributed by atoms with Crippen LogP contribution in [0.15, 0.2) is 12.5 Å². The predicted octanol–water partition coefficient (Wildman–Crippen LogP) is 0.0839. The van der Waals surface area contributed by atoms with Crippen molar-refractivity contribution in [1.82, 2.24) is 15.3 Å². The lowest BCUT2D eigenvalue weighted by Crippen LogP contribution is -2.47. The SMILES string of the molecule is O=C(O)C(Cc1cnc[nH]1)NC(=O)C(F)(F)F. The smallest absolute Gasteiger partial charge is 0.471 e. The summed E-state index contributed by atoms with van der Waals surface area (Å²) in [6.07, 6.45) is -2.91. The fraction of sp³-hybridized carbons (Fsp3) is 0.375. The molecule has 1 atom stereocenters. The summed E-state index contributed by atoms with van der Waals surface area (Å²) in [6.45, 7) is 0. The summed E-state index contributed by atoms with van der Waals surface area (Å²) in [4.78, 5) is 27.4. The quantitative estimate of drug-likeness (QED) is 0.706. The second kappa shape index (κ2) is 4.85. The first-order chi connectivity index (χ1) is 7.80. The summed E-state index contributed by atoms with van der Waals surface area (Å²) in [5.74, 6) is -3.85. The van der Waals surface area contributed by atoms with Crippen molar-refractivity contribution in [3.8, 4) is 0 Å². The highest BCUT2D eigenvalue weighted by molar-refractivity contribution is 5.87. The zero-order valence-electron chi connectivity index (χ0n) is 8.28. The zero-order chi connectivity index (χ0) is 13.1. The summed E-state index contributed by atoms with van der Waals surface area (Å²) in [5, 5.41) is 10.1. The van der Waals surface area contributed by atoms with Gasteiger partial charge in [-0.05, 0) is 0 Å². The number of hydrogen-bond acceptors (Lipinski definition) is 3. The van der Waals surface area contributed by atoms with Crippen LogP contribution in [0, 0.1) is 0 Å². The third-order valence-electron chi connectivity index (χ3n) is 1.84. The van der Waals surface area contributed by atoms with Crippen LogP contribution in [0.25, 0.3) is 0 Å². The van der Waals surface area contributed by atoms with E-state index in [1.165, 1.54) is 17.8 Å². The van der Waals surface area contributed by atoms with E-state index in [1.807, 2.05) is 0 Å². The molecule has 1 aromatic rings. The molecule has 0 saturated carbocycles. The van der Waals surface area contributed by atoms with Gasteiger partial charge in [-0.1, -0.05) is 0 Å². The van der Waals surface area contributed by atoms with Crippen molar-refractivity contribution in [2.45, 2.75) is 18.6 Å². The highest BCUT2D eigenvalue weighted by Gasteiger charge is 2.40. The molecular formula is C8H8F3N3O3. The van der Waals surface area contributed by atoms with E-state index in [1.54, 1.807) is 0 Å². The van der Waals surface area contributed by atoms with Crippen LogP contribution in [0.3, 0.4) is 0 Å². The Labute approximate surface area is 92.8 Å². The highest BCUT2D eigenvalue weighted by atomic mass is 19.4. The Hall–Kier alpha value is -2.06. The topological polar surface area (TPSA) is 95.1 Å². The summed E-state index contributed by atoms with van der Waals surface area (Å²) < 4.78 is 35.8. The van der Waals surface area contributed by atoms with Crippen molar-refractivity contribution < 1.29 is 27.9 Å². The molecule has 6 nitrogen and oxygen atoms in total. The van der Waals surface area contributed by atoms with Gasteiger partial charge in [-0.2, -0.15) is 13.2 Å². The standard InChI is InChI=1S/C8H8F3N3O3/c9-8(10,11)7(17)14-5(6(15)16)1-4-2-12-3-13-4/h2-3,5H,1H2,(H,12,13)(H,14,17)(H,15,16). The number of amides is 1. The number of aliphatic carboxylic acids is 1. The molecule has 1 aromatic heterocycles. The number of alkyl halides is 3. The van der Waals surface area contributed by atoms with Crippen LogP contribution < -0.4 is 5.32 Å². The van der Waals surface area contributed by atoms with Crippen LogP contribution in [-0.4, -0.2) is 39.2 Å². The fourth-order valence-corrected chi connectivity index (χ4v) is 1.06. The number of halogens is 3. The molecule has 1 rings (SSSR count). The van der Waals surface area contributed by atoms with Gasteiger partial charge in [0.15, 0.2) is 0 Å². The van der Waals surface area contributed by atoms with Crippen molar-refractivity contribution in [2.75, 3.05) is 0 Å². The van der Waals surface area contributed by atoms with Gasteiger partial charge in [-0.25, -0.2) is 9.78 Å². The largest absolute Gasteiger partial charge is 0.480 e. The lowest BCUT2D eigenvalue weighted by atomic mass is 10.1. The molecule has 0 bridgehead atoms. The molecule has 0 spiro atoms. The minimum Gasteiger partial charge on any atom is -0.480 e. The molecule has 0 aromatic carbocycles. The number of hydrogen-bond donors (Lipinski definition) is 3. The molecule has 94 valence electrons. The van der Waals surface area contributed by atoms with Gasteiger partial charge in [0.1, 0.15) is 6.04 Å². The van der Waals surface area contributed by atoms with Gasteiger partial charge in [0.25, 0.3) is 0 Å². The molecule has 0 aliphatic rings. The molecule has 0 radical (unpaired) electrons. The van der Waals surface area contributed by atoms with E-state index < -0.39 is 24.1 Å². The average Bonchev–Trinajstić information content (AvgIpc) is 2.67.